The van der Waals surface area contributed by atoms with Crippen molar-refractivity contribution in [2.45, 2.75) is 59.3 Å². The summed E-state index contributed by atoms with van der Waals surface area (Å²) < 4.78 is 5.17. The second kappa shape index (κ2) is 6.38. The minimum Gasteiger partial charge on any atom is -0.462 e. The van der Waals surface area contributed by atoms with Crippen molar-refractivity contribution in [2.24, 2.45) is 5.92 Å². The van der Waals surface area contributed by atoms with Gasteiger partial charge < -0.3 is 4.74 Å². The zero-order valence-corrected chi connectivity index (χ0v) is 13.0. The van der Waals surface area contributed by atoms with Crippen LogP contribution in [0.2, 0.25) is 0 Å². The maximum atomic E-state index is 12.1. The molecule has 2 atom stereocenters. The van der Waals surface area contributed by atoms with Crippen LogP contribution >= 0.6 is 0 Å². The number of aromatic nitrogens is 1. The topological polar surface area (TPSA) is 39.2 Å². The van der Waals surface area contributed by atoms with Gasteiger partial charge in [0.05, 0.1) is 17.9 Å². The summed E-state index contributed by atoms with van der Waals surface area (Å²) >= 11 is 0. The van der Waals surface area contributed by atoms with Crippen LogP contribution < -0.4 is 0 Å². The van der Waals surface area contributed by atoms with Gasteiger partial charge in [0.2, 0.25) is 0 Å². The number of ether oxygens (including phenoxy) is 1. The number of rotatable bonds is 4. The lowest BCUT2D eigenvalue weighted by atomic mass is 9.79. The number of fused-ring (bicyclic) bond motifs is 1. The Morgan fingerprint density at radius 3 is 2.80 bits per heavy atom. The Hall–Kier alpha value is -1.38. The third-order valence-corrected chi connectivity index (χ3v) is 4.35. The number of nitrogens with zero attached hydrogens (tertiary/aromatic N) is 1. The highest BCUT2D eigenvalue weighted by atomic mass is 16.5. The highest BCUT2D eigenvalue weighted by molar-refractivity contribution is 5.91. The van der Waals surface area contributed by atoms with E-state index in [1.807, 2.05) is 13.0 Å². The molecule has 0 aromatic carbocycles. The van der Waals surface area contributed by atoms with E-state index in [-0.39, 0.29) is 5.97 Å². The quantitative estimate of drug-likeness (QED) is 0.782. The average molecular weight is 275 g/mol. The average Bonchev–Trinajstić information content (AvgIpc) is 2.43. The molecule has 0 N–H and O–H groups in total. The summed E-state index contributed by atoms with van der Waals surface area (Å²) in [5.41, 5.74) is 4.01. The molecule has 0 amide bonds. The Morgan fingerprint density at radius 1 is 1.40 bits per heavy atom. The predicted octanol–water partition coefficient (Wildman–Crippen LogP) is 3.90. The fraction of sp³-hybridized carbons (Fsp3) is 0.647. The van der Waals surface area contributed by atoms with Gasteiger partial charge in [0, 0.05) is 11.6 Å². The molecule has 3 nitrogen and oxygen atoms in total. The monoisotopic (exact) mass is 275 g/mol. The molecule has 2 unspecified atom stereocenters. The van der Waals surface area contributed by atoms with Gasteiger partial charge in [0.25, 0.3) is 0 Å². The van der Waals surface area contributed by atoms with Crippen LogP contribution in [0.1, 0.15) is 73.8 Å². The van der Waals surface area contributed by atoms with E-state index >= 15 is 0 Å². The SMILES string of the molecule is CCCc1nc2c(cc1C(=O)OCC)CCC(C)C2C. The second-order valence-corrected chi connectivity index (χ2v) is 5.80. The summed E-state index contributed by atoms with van der Waals surface area (Å²) in [6.45, 7) is 8.90. The molecule has 1 aromatic rings. The van der Waals surface area contributed by atoms with Crippen LogP contribution in [0.3, 0.4) is 0 Å². The number of hydrogen-bond donors (Lipinski definition) is 0. The van der Waals surface area contributed by atoms with Gasteiger partial charge in [0.15, 0.2) is 0 Å². The van der Waals surface area contributed by atoms with Gasteiger partial charge >= 0.3 is 5.97 Å². The van der Waals surface area contributed by atoms with Crippen LogP contribution in [0.5, 0.6) is 0 Å². The van der Waals surface area contributed by atoms with Crippen molar-refractivity contribution in [2.75, 3.05) is 6.61 Å². The standard InChI is InChI=1S/C17H25NO2/c1-5-7-15-14(17(19)20-6-2)10-13-9-8-11(3)12(4)16(13)18-15/h10-12H,5-9H2,1-4H3. The Morgan fingerprint density at radius 2 is 2.15 bits per heavy atom. The third-order valence-electron chi connectivity index (χ3n) is 4.35. The van der Waals surface area contributed by atoms with Crippen molar-refractivity contribution in [3.8, 4) is 0 Å². The summed E-state index contributed by atoms with van der Waals surface area (Å²) in [4.78, 5) is 16.9. The molecule has 1 aliphatic carbocycles. The summed E-state index contributed by atoms with van der Waals surface area (Å²) in [5.74, 6) is 0.918. The molecule has 110 valence electrons. The van der Waals surface area contributed by atoms with E-state index in [0.717, 1.165) is 25.0 Å². The maximum absolute atomic E-state index is 12.1. The lowest BCUT2D eigenvalue weighted by Crippen LogP contribution is -2.21. The normalized spacial score (nSPS) is 21.4. The summed E-state index contributed by atoms with van der Waals surface area (Å²) in [6, 6.07) is 2.04. The number of aryl methyl sites for hydroxylation is 2. The Bertz CT molecular complexity index is 496. The first-order valence-electron chi connectivity index (χ1n) is 7.78. The smallest absolute Gasteiger partial charge is 0.339 e. The van der Waals surface area contributed by atoms with Crippen molar-refractivity contribution in [3.05, 3.63) is 28.6 Å². The van der Waals surface area contributed by atoms with E-state index in [2.05, 4.69) is 20.8 Å². The van der Waals surface area contributed by atoms with Crippen molar-refractivity contribution >= 4 is 5.97 Å². The molecule has 0 aliphatic heterocycles. The molecular weight excluding hydrogens is 250 g/mol. The molecule has 2 rings (SSSR count). The predicted molar refractivity (Wildman–Crippen MR) is 80.1 cm³/mol. The Balaban J connectivity index is 2.45. The first-order chi connectivity index (χ1) is 9.58. The van der Waals surface area contributed by atoms with Gasteiger partial charge in [-0.2, -0.15) is 0 Å². The number of carbonyl (C=O) groups excluding carboxylic acids is 1. The number of esters is 1. The molecule has 0 bridgehead atoms. The second-order valence-electron chi connectivity index (χ2n) is 5.80. The van der Waals surface area contributed by atoms with Crippen LogP contribution in [-0.4, -0.2) is 17.6 Å². The fourth-order valence-corrected chi connectivity index (χ4v) is 2.92. The van der Waals surface area contributed by atoms with Gasteiger partial charge in [-0.3, -0.25) is 4.98 Å². The van der Waals surface area contributed by atoms with Gasteiger partial charge in [-0.15, -0.1) is 0 Å². The largest absolute Gasteiger partial charge is 0.462 e. The maximum Gasteiger partial charge on any atom is 0.339 e. The van der Waals surface area contributed by atoms with Crippen LogP contribution in [0.25, 0.3) is 0 Å². The van der Waals surface area contributed by atoms with Crippen LogP contribution in [-0.2, 0) is 17.6 Å². The van der Waals surface area contributed by atoms with Crippen LogP contribution in [0, 0.1) is 5.92 Å². The molecule has 0 spiro atoms. The van der Waals surface area contributed by atoms with E-state index in [0.29, 0.717) is 24.0 Å². The molecule has 20 heavy (non-hydrogen) atoms. The van der Waals surface area contributed by atoms with Gasteiger partial charge in [-0.1, -0.05) is 27.2 Å². The zero-order chi connectivity index (χ0) is 14.7. The molecule has 0 radical (unpaired) electrons. The molecular formula is C17H25NO2. The molecule has 1 aromatic heterocycles. The van der Waals surface area contributed by atoms with E-state index in [4.69, 9.17) is 9.72 Å². The lowest BCUT2D eigenvalue weighted by molar-refractivity contribution is 0.0524. The lowest BCUT2D eigenvalue weighted by Gasteiger charge is -2.28. The third kappa shape index (κ3) is 2.87. The van der Waals surface area contributed by atoms with Crippen LogP contribution in [0.15, 0.2) is 6.07 Å². The fourth-order valence-electron chi connectivity index (χ4n) is 2.92. The molecule has 1 heterocycles. The highest BCUT2D eigenvalue weighted by Crippen LogP contribution is 2.35. The summed E-state index contributed by atoms with van der Waals surface area (Å²) in [7, 11) is 0. The number of carbonyl (C=O) groups is 1. The molecule has 0 saturated heterocycles. The highest BCUT2D eigenvalue weighted by Gasteiger charge is 2.27. The van der Waals surface area contributed by atoms with E-state index in [9.17, 15) is 4.79 Å². The number of hydrogen-bond acceptors (Lipinski definition) is 3. The summed E-state index contributed by atoms with van der Waals surface area (Å²) in [6.07, 6.45) is 4.02. The van der Waals surface area contributed by atoms with E-state index < -0.39 is 0 Å². The molecule has 3 heteroatoms. The van der Waals surface area contributed by atoms with Crippen molar-refractivity contribution in [1.29, 1.82) is 0 Å². The molecule has 0 saturated carbocycles. The van der Waals surface area contributed by atoms with E-state index in [1.54, 1.807) is 0 Å². The zero-order valence-electron chi connectivity index (χ0n) is 13.0. The Labute approximate surface area is 121 Å². The van der Waals surface area contributed by atoms with Gasteiger partial charge in [-0.05, 0) is 43.7 Å². The Kier molecular flexibility index (Phi) is 4.79. The summed E-state index contributed by atoms with van der Waals surface area (Å²) in [5, 5.41) is 0. The van der Waals surface area contributed by atoms with Gasteiger partial charge in [-0.25, -0.2) is 4.79 Å². The molecule has 0 fully saturated rings. The van der Waals surface area contributed by atoms with Crippen molar-refractivity contribution in [3.63, 3.8) is 0 Å². The molecule has 1 aliphatic rings. The van der Waals surface area contributed by atoms with E-state index in [1.165, 1.54) is 17.7 Å². The minimum atomic E-state index is -0.225. The van der Waals surface area contributed by atoms with Crippen molar-refractivity contribution < 1.29 is 9.53 Å². The van der Waals surface area contributed by atoms with Crippen LogP contribution in [0.4, 0.5) is 0 Å². The number of pyridine rings is 1. The first-order valence-corrected chi connectivity index (χ1v) is 7.78. The minimum absolute atomic E-state index is 0.225. The van der Waals surface area contributed by atoms with Crippen molar-refractivity contribution in [1.82, 2.24) is 4.98 Å². The van der Waals surface area contributed by atoms with Gasteiger partial charge in [0.1, 0.15) is 0 Å². The first kappa shape index (κ1) is 15.0.